The van der Waals surface area contributed by atoms with E-state index in [1.807, 2.05) is 0 Å². The highest BCUT2D eigenvalue weighted by molar-refractivity contribution is 5.55. The van der Waals surface area contributed by atoms with Crippen LogP contribution in [-0.2, 0) is 5.41 Å². The molecule has 0 aromatic heterocycles. The van der Waals surface area contributed by atoms with Gasteiger partial charge in [0, 0.05) is 23.9 Å². The third-order valence-electron chi connectivity index (χ3n) is 5.30. The molecule has 1 heterocycles. The summed E-state index contributed by atoms with van der Waals surface area (Å²) in [7, 11) is 0. The zero-order chi connectivity index (χ0) is 15.6. The molecular weight excluding hydrogens is 274 g/mol. The highest BCUT2D eigenvalue weighted by Crippen LogP contribution is 2.47. The number of fused-ring (bicyclic) bond motifs is 1. The summed E-state index contributed by atoms with van der Waals surface area (Å²) >= 11 is 0. The van der Waals surface area contributed by atoms with Crippen LogP contribution in [0.3, 0.4) is 0 Å². The largest absolute Gasteiger partial charge is 0.490 e. The van der Waals surface area contributed by atoms with E-state index in [2.05, 4.69) is 26.0 Å². The van der Waals surface area contributed by atoms with Gasteiger partial charge in [-0.05, 0) is 30.4 Å². The SMILES string of the molecule is CC(C)c1c(C2(CN)CCCCC2)ccc2c1OCCCO2. The van der Waals surface area contributed by atoms with Crippen molar-refractivity contribution in [1.29, 1.82) is 0 Å². The van der Waals surface area contributed by atoms with Gasteiger partial charge in [-0.1, -0.05) is 39.2 Å². The van der Waals surface area contributed by atoms with E-state index in [1.165, 1.54) is 43.2 Å². The van der Waals surface area contributed by atoms with Gasteiger partial charge < -0.3 is 15.2 Å². The third kappa shape index (κ3) is 2.71. The van der Waals surface area contributed by atoms with E-state index < -0.39 is 0 Å². The molecule has 122 valence electrons. The Hall–Kier alpha value is -1.22. The van der Waals surface area contributed by atoms with Gasteiger partial charge in [0.05, 0.1) is 13.2 Å². The number of hydrogen-bond donors (Lipinski definition) is 1. The van der Waals surface area contributed by atoms with E-state index in [-0.39, 0.29) is 5.41 Å². The summed E-state index contributed by atoms with van der Waals surface area (Å²) in [4.78, 5) is 0. The van der Waals surface area contributed by atoms with Crippen molar-refractivity contribution in [3.8, 4) is 11.5 Å². The second-order valence-corrected chi connectivity index (χ2v) is 7.10. The molecule has 0 radical (unpaired) electrons. The minimum Gasteiger partial charge on any atom is -0.490 e. The van der Waals surface area contributed by atoms with Crippen LogP contribution in [0.2, 0.25) is 0 Å². The Morgan fingerprint density at radius 3 is 2.45 bits per heavy atom. The number of nitrogens with two attached hydrogens (primary N) is 1. The van der Waals surface area contributed by atoms with Gasteiger partial charge in [0.15, 0.2) is 11.5 Å². The van der Waals surface area contributed by atoms with Crippen molar-refractivity contribution in [3.05, 3.63) is 23.3 Å². The van der Waals surface area contributed by atoms with Crippen molar-refractivity contribution >= 4 is 0 Å². The second-order valence-electron chi connectivity index (χ2n) is 7.10. The molecule has 1 fully saturated rings. The average molecular weight is 303 g/mol. The Balaban J connectivity index is 2.12. The Morgan fingerprint density at radius 2 is 1.77 bits per heavy atom. The Kier molecular flexibility index (Phi) is 4.62. The summed E-state index contributed by atoms with van der Waals surface area (Å²) in [6, 6.07) is 4.37. The molecule has 2 N–H and O–H groups in total. The van der Waals surface area contributed by atoms with Crippen molar-refractivity contribution in [1.82, 2.24) is 0 Å². The fraction of sp³-hybridized carbons (Fsp3) is 0.684. The van der Waals surface area contributed by atoms with Crippen LogP contribution >= 0.6 is 0 Å². The van der Waals surface area contributed by atoms with Crippen molar-refractivity contribution in [2.24, 2.45) is 5.73 Å². The molecule has 22 heavy (non-hydrogen) atoms. The minimum atomic E-state index is 0.128. The molecule has 1 aliphatic carbocycles. The molecule has 1 saturated carbocycles. The van der Waals surface area contributed by atoms with Crippen LogP contribution in [0.1, 0.15) is 69.4 Å². The molecule has 2 aliphatic rings. The summed E-state index contributed by atoms with van der Waals surface area (Å²) in [6.45, 7) is 6.71. The zero-order valence-corrected chi connectivity index (χ0v) is 14.0. The number of benzene rings is 1. The van der Waals surface area contributed by atoms with E-state index in [0.29, 0.717) is 5.92 Å². The Labute approximate surface area is 134 Å². The normalized spacial score (nSPS) is 20.7. The van der Waals surface area contributed by atoms with Gasteiger partial charge in [-0.3, -0.25) is 0 Å². The highest BCUT2D eigenvalue weighted by Gasteiger charge is 2.36. The van der Waals surface area contributed by atoms with Gasteiger partial charge in [0.25, 0.3) is 0 Å². The molecule has 1 aromatic carbocycles. The Morgan fingerprint density at radius 1 is 1.05 bits per heavy atom. The van der Waals surface area contributed by atoms with Crippen molar-refractivity contribution < 1.29 is 9.47 Å². The first-order valence-corrected chi connectivity index (χ1v) is 8.81. The number of rotatable bonds is 3. The third-order valence-corrected chi connectivity index (χ3v) is 5.30. The molecule has 0 spiro atoms. The molecule has 1 aromatic rings. The van der Waals surface area contributed by atoms with Crippen LogP contribution in [0.15, 0.2) is 12.1 Å². The minimum absolute atomic E-state index is 0.128. The fourth-order valence-corrected chi connectivity index (χ4v) is 4.10. The maximum Gasteiger partial charge on any atom is 0.164 e. The molecule has 1 aliphatic heterocycles. The molecule has 3 rings (SSSR count). The highest BCUT2D eigenvalue weighted by atomic mass is 16.5. The Bertz CT molecular complexity index is 518. The van der Waals surface area contributed by atoms with E-state index in [9.17, 15) is 0 Å². The molecule has 0 saturated heterocycles. The summed E-state index contributed by atoms with van der Waals surface area (Å²) < 4.78 is 12.0. The number of hydrogen-bond acceptors (Lipinski definition) is 3. The van der Waals surface area contributed by atoms with Crippen molar-refractivity contribution in [2.45, 2.75) is 63.7 Å². The van der Waals surface area contributed by atoms with E-state index in [0.717, 1.165) is 37.7 Å². The molecule has 3 heteroatoms. The quantitative estimate of drug-likeness (QED) is 0.913. The van der Waals surface area contributed by atoms with E-state index in [1.54, 1.807) is 0 Å². The average Bonchev–Trinajstić information content (AvgIpc) is 2.79. The smallest absolute Gasteiger partial charge is 0.164 e. The molecular formula is C19H29NO2. The van der Waals surface area contributed by atoms with Crippen molar-refractivity contribution in [2.75, 3.05) is 19.8 Å². The summed E-state index contributed by atoms with van der Waals surface area (Å²) in [6.07, 6.45) is 7.24. The first kappa shape index (κ1) is 15.7. The molecule has 0 atom stereocenters. The monoisotopic (exact) mass is 303 g/mol. The van der Waals surface area contributed by atoms with E-state index in [4.69, 9.17) is 15.2 Å². The van der Waals surface area contributed by atoms with Gasteiger partial charge in [0.2, 0.25) is 0 Å². The summed E-state index contributed by atoms with van der Waals surface area (Å²) in [5.41, 5.74) is 9.14. The zero-order valence-electron chi connectivity index (χ0n) is 14.0. The predicted octanol–water partition coefficient (Wildman–Crippen LogP) is 4.13. The van der Waals surface area contributed by atoms with E-state index >= 15 is 0 Å². The lowest BCUT2D eigenvalue weighted by Crippen LogP contribution is -2.38. The summed E-state index contributed by atoms with van der Waals surface area (Å²) in [5.74, 6) is 2.30. The molecule has 0 bridgehead atoms. The van der Waals surface area contributed by atoms with Gasteiger partial charge in [-0.25, -0.2) is 0 Å². The van der Waals surface area contributed by atoms with Crippen LogP contribution in [0.25, 0.3) is 0 Å². The number of ether oxygens (including phenoxy) is 2. The van der Waals surface area contributed by atoms with Gasteiger partial charge in [-0.15, -0.1) is 0 Å². The lowest BCUT2D eigenvalue weighted by molar-refractivity contribution is 0.289. The maximum atomic E-state index is 6.27. The molecule has 0 unspecified atom stereocenters. The lowest BCUT2D eigenvalue weighted by Gasteiger charge is -2.39. The fourth-order valence-electron chi connectivity index (χ4n) is 4.10. The molecule has 3 nitrogen and oxygen atoms in total. The topological polar surface area (TPSA) is 44.5 Å². The summed E-state index contributed by atoms with van der Waals surface area (Å²) in [5, 5.41) is 0. The van der Waals surface area contributed by atoms with Crippen LogP contribution in [0, 0.1) is 0 Å². The molecule has 0 amide bonds. The van der Waals surface area contributed by atoms with Crippen LogP contribution < -0.4 is 15.2 Å². The maximum absolute atomic E-state index is 6.27. The van der Waals surface area contributed by atoms with Gasteiger partial charge >= 0.3 is 0 Å². The van der Waals surface area contributed by atoms with Gasteiger partial charge in [0.1, 0.15) is 0 Å². The second kappa shape index (κ2) is 6.49. The van der Waals surface area contributed by atoms with Gasteiger partial charge in [-0.2, -0.15) is 0 Å². The van der Waals surface area contributed by atoms with Crippen molar-refractivity contribution in [3.63, 3.8) is 0 Å². The standard InChI is InChI=1S/C19H29NO2/c1-14(2)17-15(19(13-20)9-4-3-5-10-19)7-8-16-18(17)22-12-6-11-21-16/h7-8,14H,3-6,9-13,20H2,1-2H3. The first-order valence-electron chi connectivity index (χ1n) is 8.81. The van der Waals surface area contributed by atoms with Crippen LogP contribution in [-0.4, -0.2) is 19.8 Å². The van der Waals surface area contributed by atoms with Crippen LogP contribution in [0.5, 0.6) is 11.5 Å². The van der Waals surface area contributed by atoms with Crippen LogP contribution in [0.4, 0.5) is 0 Å². The first-order chi connectivity index (χ1) is 10.7. The lowest BCUT2D eigenvalue weighted by atomic mass is 9.67. The predicted molar refractivity (Wildman–Crippen MR) is 90.0 cm³/mol.